The molecule has 0 aromatic heterocycles. The number of hydrogen-bond acceptors (Lipinski definition) is 3. The highest BCUT2D eigenvalue weighted by Crippen LogP contribution is 2.19. The summed E-state index contributed by atoms with van der Waals surface area (Å²) in [6.07, 6.45) is 4.21. The van der Waals surface area contributed by atoms with Crippen molar-refractivity contribution in [2.75, 3.05) is 18.0 Å². The third-order valence-electron chi connectivity index (χ3n) is 3.83. The van der Waals surface area contributed by atoms with E-state index < -0.39 is 0 Å². The van der Waals surface area contributed by atoms with Crippen LogP contribution in [0.4, 0.5) is 5.69 Å². The van der Waals surface area contributed by atoms with Crippen molar-refractivity contribution in [2.45, 2.75) is 12.8 Å². The molecule has 1 fully saturated rings. The lowest BCUT2D eigenvalue weighted by Crippen LogP contribution is -2.18. The topological polar surface area (TPSA) is 44.7 Å². The van der Waals surface area contributed by atoms with Gasteiger partial charge in [-0.15, -0.1) is 0 Å². The molecule has 1 amide bonds. The van der Waals surface area contributed by atoms with Gasteiger partial charge in [0.15, 0.2) is 0 Å². The van der Waals surface area contributed by atoms with Crippen LogP contribution in [0, 0.1) is 3.57 Å². The Morgan fingerprint density at radius 1 is 1.13 bits per heavy atom. The van der Waals surface area contributed by atoms with E-state index in [1.807, 2.05) is 30.3 Å². The lowest BCUT2D eigenvalue weighted by molar-refractivity contribution is 0.0955. The van der Waals surface area contributed by atoms with Gasteiger partial charge in [0.2, 0.25) is 0 Å². The molecular formula is C18H18IN3O. The molecule has 1 saturated heterocycles. The number of carbonyl (C=O) groups is 1. The molecule has 1 aliphatic rings. The number of nitrogens with zero attached hydrogens (tertiary/aromatic N) is 2. The van der Waals surface area contributed by atoms with Crippen molar-refractivity contribution in [3.63, 3.8) is 0 Å². The minimum absolute atomic E-state index is 0.201. The lowest BCUT2D eigenvalue weighted by atomic mass is 10.2. The predicted molar refractivity (Wildman–Crippen MR) is 102 cm³/mol. The van der Waals surface area contributed by atoms with Gasteiger partial charge in [0, 0.05) is 27.9 Å². The van der Waals surface area contributed by atoms with E-state index in [0.717, 1.165) is 22.2 Å². The molecule has 1 N–H and O–H groups in total. The minimum atomic E-state index is -0.201. The molecule has 4 nitrogen and oxygen atoms in total. The van der Waals surface area contributed by atoms with Crippen molar-refractivity contribution >= 4 is 40.4 Å². The molecule has 2 aromatic rings. The Morgan fingerprint density at radius 3 is 2.57 bits per heavy atom. The number of nitrogens with one attached hydrogen (secondary N) is 1. The van der Waals surface area contributed by atoms with Crippen LogP contribution in [0.5, 0.6) is 0 Å². The number of halogens is 1. The smallest absolute Gasteiger partial charge is 0.271 e. The van der Waals surface area contributed by atoms with E-state index >= 15 is 0 Å². The van der Waals surface area contributed by atoms with Gasteiger partial charge >= 0.3 is 0 Å². The fourth-order valence-corrected chi connectivity index (χ4v) is 3.15. The summed E-state index contributed by atoms with van der Waals surface area (Å²) in [5, 5.41) is 4.03. The van der Waals surface area contributed by atoms with E-state index in [1.165, 1.54) is 18.5 Å². The van der Waals surface area contributed by atoms with E-state index in [1.54, 1.807) is 12.3 Å². The number of amides is 1. The van der Waals surface area contributed by atoms with E-state index in [4.69, 9.17) is 0 Å². The second kappa shape index (κ2) is 7.59. The third kappa shape index (κ3) is 4.31. The van der Waals surface area contributed by atoms with E-state index in [9.17, 15) is 4.79 Å². The largest absolute Gasteiger partial charge is 0.372 e. The monoisotopic (exact) mass is 419 g/mol. The molecule has 0 aliphatic carbocycles. The van der Waals surface area contributed by atoms with Crippen LogP contribution in [0.25, 0.3) is 0 Å². The van der Waals surface area contributed by atoms with Crippen LogP contribution in [-0.2, 0) is 0 Å². The van der Waals surface area contributed by atoms with Crippen molar-refractivity contribution < 1.29 is 4.79 Å². The standard InChI is InChI=1S/C18H18IN3O/c19-16-5-3-4-15(12-16)18(23)21-20-13-14-6-8-17(9-7-14)22-10-1-2-11-22/h3-9,12-13H,1-2,10-11H2,(H,21,23)/b20-13-. The van der Waals surface area contributed by atoms with Gasteiger partial charge < -0.3 is 4.90 Å². The van der Waals surface area contributed by atoms with Crippen molar-refractivity contribution in [3.05, 3.63) is 63.2 Å². The van der Waals surface area contributed by atoms with Crippen LogP contribution in [0.2, 0.25) is 0 Å². The van der Waals surface area contributed by atoms with Crippen LogP contribution in [0.15, 0.2) is 53.6 Å². The Hall–Kier alpha value is -1.89. The maximum absolute atomic E-state index is 12.0. The van der Waals surface area contributed by atoms with Crippen LogP contribution in [0.1, 0.15) is 28.8 Å². The summed E-state index contributed by atoms with van der Waals surface area (Å²) in [7, 11) is 0. The third-order valence-corrected chi connectivity index (χ3v) is 4.50. The first kappa shape index (κ1) is 16.0. The molecule has 5 heteroatoms. The number of rotatable bonds is 4. The molecule has 1 heterocycles. The summed E-state index contributed by atoms with van der Waals surface area (Å²) in [5.74, 6) is -0.201. The summed E-state index contributed by atoms with van der Waals surface area (Å²) in [5.41, 5.74) is 5.39. The van der Waals surface area contributed by atoms with Gasteiger partial charge in [-0.05, 0) is 71.3 Å². The van der Waals surface area contributed by atoms with Crippen LogP contribution in [-0.4, -0.2) is 25.2 Å². The zero-order valence-electron chi connectivity index (χ0n) is 12.7. The summed E-state index contributed by atoms with van der Waals surface area (Å²) >= 11 is 2.18. The molecule has 0 atom stereocenters. The Morgan fingerprint density at radius 2 is 1.87 bits per heavy atom. The SMILES string of the molecule is O=C(N/N=C\c1ccc(N2CCCC2)cc1)c1cccc(I)c1. The van der Waals surface area contributed by atoms with Crippen LogP contribution < -0.4 is 10.3 Å². The first-order chi connectivity index (χ1) is 11.2. The van der Waals surface area contributed by atoms with Crippen molar-refractivity contribution in [1.82, 2.24) is 5.43 Å². The quantitative estimate of drug-likeness (QED) is 0.467. The minimum Gasteiger partial charge on any atom is -0.372 e. The number of anilines is 1. The maximum atomic E-state index is 12.0. The second-order valence-electron chi connectivity index (χ2n) is 5.50. The molecule has 0 unspecified atom stereocenters. The molecule has 0 saturated carbocycles. The Labute approximate surface area is 149 Å². The average Bonchev–Trinajstić information content (AvgIpc) is 3.10. The van der Waals surface area contributed by atoms with Crippen LogP contribution in [0.3, 0.4) is 0 Å². The number of carbonyl (C=O) groups excluding carboxylic acids is 1. The summed E-state index contributed by atoms with van der Waals surface area (Å²) in [6, 6.07) is 15.7. The van der Waals surface area contributed by atoms with Crippen molar-refractivity contribution in [1.29, 1.82) is 0 Å². The highest BCUT2D eigenvalue weighted by Gasteiger charge is 2.11. The summed E-state index contributed by atoms with van der Waals surface area (Å²) < 4.78 is 1.02. The highest BCUT2D eigenvalue weighted by atomic mass is 127. The highest BCUT2D eigenvalue weighted by molar-refractivity contribution is 14.1. The van der Waals surface area contributed by atoms with E-state index in [-0.39, 0.29) is 5.91 Å². The molecule has 2 aromatic carbocycles. The van der Waals surface area contributed by atoms with E-state index in [2.05, 4.69) is 50.2 Å². The number of benzene rings is 2. The van der Waals surface area contributed by atoms with Crippen molar-refractivity contribution in [2.24, 2.45) is 5.10 Å². The van der Waals surface area contributed by atoms with E-state index in [0.29, 0.717) is 5.56 Å². The second-order valence-corrected chi connectivity index (χ2v) is 6.74. The van der Waals surface area contributed by atoms with Gasteiger partial charge in [-0.1, -0.05) is 18.2 Å². The normalized spacial score (nSPS) is 14.4. The first-order valence-electron chi connectivity index (χ1n) is 7.66. The molecule has 0 bridgehead atoms. The Balaban J connectivity index is 1.58. The Kier molecular flexibility index (Phi) is 5.27. The molecule has 3 rings (SSSR count). The van der Waals surface area contributed by atoms with Gasteiger partial charge in [-0.3, -0.25) is 4.79 Å². The molecule has 0 radical (unpaired) electrons. The first-order valence-corrected chi connectivity index (χ1v) is 8.74. The lowest BCUT2D eigenvalue weighted by Gasteiger charge is -2.17. The molecule has 118 valence electrons. The van der Waals surface area contributed by atoms with Gasteiger partial charge in [-0.25, -0.2) is 5.43 Å². The molecule has 0 spiro atoms. The average molecular weight is 419 g/mol. The fraction of sp³-hybridized carbons (Fsp3) is 0.222. The molecule has 23 heavy (non-hydrogen) atoms. The molecular weight excluding hydrogens is 401 g/mol. The zero-order chi connectivity index (χ0) is 16.1. The number of hydrazone groups is 1. The number of hydrogen-bond donors (Lipinski definition) is 1. The van der Waals surface area contributed by atoms with Gasteiger partial charge in [0.05, 0.1) is 6.21 Å². The van der Waals surface area contributed by atoms with Gasteiger partial charge in [-0.2, -0.15) is 5.10 Å². The fourth-order valence-electron chi connectivity index (χ4n) is 2.61. The summed E-state index contributed by atoms with van der Waals surface area (Å²) in [4.78, 5) is 14.4. The Bertz CT molecular complexity index is 706. The van der Waals surface area contributed by atoms with Gasteiger partial charge in [0.1, 0.15) is 0 Å². The van der Waals surface area contributed by atoms with Crippen molar-refractivity contribution in [3.8, 4) is 0 Å². The maximum Gasteiger partial charge on any atom is 0.271 e. The van der Waals surface area contributed by atoms with Crippen LogP contribution >= 0.6 is 22.6 Å². The van der Waals surface area contributed by atoms with Gasteiger partial charge in [0.25, 0.3) is 5.91 Å². The zero-order valence-corrected chi connectivity index (χ0v) is 14.9. The molecule has 1 aliphatic heterocycles. The predicted octanol–water partition coefficient (Wildman–Crippen LogP) is 3.66. The summed E-state index contributed by atoms with van der Waals surface area (Å²) in [6.45, 7) is 2.28.